The van der Waals surface area contributed by atoms with Crippen molar-refractivity contribution in [3.05, 3.63) is 60.6 Å². The molecule has 0 fully saturated rings. The molecule has 1 aromatic carbocycles. The SMILES string of the molecule is O=[N+]([O-])c1ncc2c(Br)coc2c1OCCc1c(Cl)ccc(F)c1Cl. The smallest absolute Gasteiger partial charge is 0.410 e. The lowest BCUT2D eigenvalue weighted by Gasteiger charge is -2.09. The van der Waals surface area contributed by atoms with Gasteiger partial charge in [-0.2, -0.15) is 0 Å². The van der Waals surface area contributed by atoms with Crippen molar-refractivity contribution in [3.8, 4) is 5.75 Å². The maximum absolute atomic E-state index is 13.5. The van der Waals surface area contributed by atoms with Crippen LogP contribution < -0.4 is 4.74 Å². The van der Waals surface area contributed by atoms with E-state index in [1.54, 1.807) is 0 Å². The quantitative estimate of drug-likeness (QED) is 0.289. The van der Waals surface area contributed by atoms with Gasteiger partial charge in [0.2, 0.25) is 0 Å². The van der Waals surface area contributed by atoms with E-state index in [9.17, 15) is 14.5 Å². The predicted octanol–water partition coefficient (Wildman–Crippen LogP) is 5.57. The van der Waals surface area contributed by atoms with Gasteiger partial charge in [-0.25, -0.2) is 4.39 Å². The van der Waals surface area contributed by atoms with Crippen molar-refractivity contribution >= 4 is 55.9 Å². The van der Waals surface area contributed by atoms with E-state index in [1.165, 1.54) is 18.5 Å². The summed E-state index contributed by atoms with van der Waals surface area (Å²) in [6, 6.07) is 2.54. The zero-order chi connectivity index (χ0) is 18.1. The minimum Gasteiger partial charge on any atom is -0.483 e. The number of aromatic nitrogens is 1. The van der Waals surface area contributed by atoms with Crippen LogP contribution >= 0.6 is 39.1 Å². The van der Waals surface area contributed by atoms with Crippen molar-refractivity contribution in [3.63, 3.8) is 0 Å². The Morgan fingerprint density at radius 2 is 2.16 bits per heavy atom. The summed E-state index contributed by atoms with van der Waals surface area (Å²) in [5.41, 5.74) is 0.539. The molecule has 0 bridgehead atoms. The number of furan rings is 1. The molecule has 6 nitrogen and oxygen atoms in total. The maximum Gasteiger partial charge on any atom is 0.410 e. The average Bonchev–Trinajstić information content (AvgIpc) is 2.95. The molecular weight excluding hydrogens is 442 g/mol. The number of halogens is 4. The first kappa shape index (κ1) is 17.9. The van der Waals surface area contributed by atoms with E-state index in [4.69, 9.17) is 32.4 Å². The molecule has 0 spiro atoms. The van der Waals surface area contributed by atoms with Crippen LogP contribution in [0.4, 0.5) is 10.2 Å². The number of fused-ring (bicyclic) bond motifs is 1. The van der Waals surface area contributed by atoms with E-state index >= 15 is 0 Å². The number of hydrogen-bond acceptors (Lipinski definition) is 5. The van der Waals surface area contributed by atoms with Crippen LogP contribution in [0, 0.1) is 15.9 Å². The summed E-state index contributed by atoms with van der Waals surface area (Å²) in [6.07, 6.45) is 2.84. The van der Waals surface area contributed by atoms with Crippen molar-refractivity contribution < 1.29 is 18.5 Å². The van der Waals surface area contributed by atoms with Gasteiger partial charge >= 0.3 is 5.82 Å². The topological polar surface area (TPSA) is 78.4 Å². The second-order valence-corrected chi connectivity index (χ2v) is 6.55. The highest BCUT2D eigenvalue weighted by molar-refractivity contribution is 9.10. The van der Waals surface area contributed by atoms with Crippen molar-refractivity contribution in [2.24, 2.45) is 0 Å². The normalized spacial score (nSPS) is 11.0. The molecule has 3 rings (SSSR count). The van der Waals surface area contributed by atoms with Crippen LogP contribution in [0.1, 0.15) is 5.56 Å². The Hall–Kier alpha value is -1.90. The molecule has 0 saturated heterocycles. The summed E-state index contributed by atoms with van der Waals surface area (Å²) in [6.45, 7) is -0.0388. The number of hydrogen-bond donors (Lipinski definition) is 0. The fraction of sp³-hybridized carbons (Fsp3) is 0.133. The molecule has 2 heterocycles. The Kier molecular flexibility index (Phi) is 5.12. The van der Waals surface area contributed by atoms with Gasteiger partial charge in [0.05, 0.1) is 21.5 Å². The first-order chi connectivity index (χ1) is 11.9. The molecule has 0 atom stereocenters. The van der Waals surface area contributed by atoms with Crippen molar-refractivity contribution in [1.82, 2.24) is 4.98 Å². The molecule has 0 unspecified atom stereocenters. The molecule has 0 radical (unpaired) electrons. The molecule has 130 valence electrons. The Bertz CT molecular complexity index is 980. The molecule has 0 amide bonds. The molecule has 0 aliphatic heterocycles. The van der Waals surface area contributed by atoms with Crippen molar-refractivity contribution in [1.29, 1.82) is 0 Å². The number of benzene rings is 1. The number of pyridine rings is 1. The third-order valence-electron chi connectivity index (χ3n) is 3.42. The van der Waals surface area contributed by atoms with Gasteiger partial charge in [-0.3, -0.25) is 0 Å². The van der Waals surface area contributed by atoms with Gasteiger partial charge in [0.1, 0.15) is 12.1 Å². The average molecular weight is 450 g/mol. The number of nitrogens with zero attached hydrogens (tertiary/aromatic N) is 2. The van der Waals surface area contributed by atoms with Gasteiger partial charge in [-0.1, -0.05) is 23.2 Å². The van der Waals surface area contributed by atoms with Gasteiger partial charge in [-0.15, -0.1) is 0 Å². The lowest BCUT2D eigenvalue weighted by atomic mass is 10.1. The summed E-state index contributed by atoms with van der Waals surface area (Å²) in [7, 11) is 0. The second kappa shape index (κ2) is 7.15. The lowest BCUT2D eigenvalue weighted by Crippen LogP contribution is -2.06. The summed E-state index contributed by atoms with van der Waals surface area (Å²) < 4.78 is 25.0. The summed E-state index contributed by atoms with van der Waals surface area (Å²) in [5.74, 6) is -1.20. The molecule has 0 saturated carbocycles. The summed E-state index contributed by atoms with van der Waals surface area (Å²) in [5, 5.41) is 11.9. The van der Waals surface area contributed by atoms with E-state index in [1.807, 2.05) is 0 Å². The molecule has 2 aromatic heterocycles. The zero-order valence-corrected chi connectivity index (χ0v) is 15.4. The van der Waals surface area contributed by atoms with Crippen molar-refractivity contribution in [2.45, 2.75) is 6.42 Å². The molecule has 0 aliphatic rings. The molecular formula is C15H8BrCl2FN2O4. The molecule has 0 aliphatic carbocycles. The highest BCUT2D eigenvalue weighted by Crippen LogP contribution is 2.38. The van der Waals surface area contributed by atoms with Crippen LogP contribution in [0.3, 0.4) is 0 Å². The first-order valence-corrected chi connectivity index (χ1v) is 8.40. The minimum atomic E-state index is -0.673. The van der Waals surface area contributed by atoms with Crippen LogP contribution in [0.2, 0.25) is 10.0 Å². The summed E-state index contributed by atoms with van der Waals surface area (Å²) in [4.78, 5) is 14.3. The Morgan fingerprint density at radius 3 is 2.88 bits per heavy atom. The maximum atomic E-state index is 13.5. The van der Waals surface area contributed by atoms with Crippen LogP contribution in [0.5, 0.6) is 5.75 Å². The van der Waals surface area contributed by atoms with Crippen LogP contribution in [-0.2, 0) is 6.42 Å². The van der Waals surface area contributed by atoms with Crippen LogP contribution in [-0.4, -0.2) is 16.5 Å². The zero-order valence-electron chi connectivity index (χ0n) is 12.3. The predicted molar refractivity (Wildman–Crippen MR) is 94.0 cm³/mol. The Morgan fingerprint density at radius 1 is 1.40 bits per heavy atom. The number of rotatable bonds is 5. The standard InChI is InChI=1S/C15H8BrCl2FN2O4/c16-9-6-25-13-8(9)5-20-15(21(22)23)14(13)24-4-3-7-10(17)1-2-11(19)12(7)18/h1-2,5-6H,3-4H2. The first-order valence-electron chi connectivity index (χ1n) is 6.85. The van der Waals surface area contributed by atoms with Gasteiger partial charge < -0.3 is 19.3 Å². The highest BCUT2D eigenvalue weighted by Gasteiger charge is 2.25. The third-order valence-corrected chi connectivity index (χ3v) is 4.79. The Labute approximate surface area is 158 Å². The molecule has 0 N–H and O–H groups in total. The number of ether oxygens (including phenoxy) is 1. The molecule has 25 heavy (non-hydrogen) atoms. The monoisotopic (exact) mass is 448 g/mol. The fourth-order valence-electron chi connectivity index (χ4n) is 2.24. The molecule has 3 aromatic rings. The minimum absolute atomic E-state index is 0.0388. The van der Waals surface area contributed by atoms with E-state index < -0.39 is 16.6 Å². The van der Waals surface area contributed by atoms with Gasteiger partial charge in [0.25, 0.3) is 5.75 Å². The van der Waals surface area contributed by atoms with Crippen LogP contribution in [0.15, 0.2) is 33.5 Å². The van der Waals surface area contributed by atoms with Gasteiger partial charge in [0, 0.05) is 11.4 Å². The van der Waals surface area contributed by atoms with E-state index in [0.29, 0.717) is 15.4 Å². The van der Waals surface area contributed by atoms with E-state index in [2.05, 4.69) is 20.9 Å². The van der Waals surface area contributed by atoms with Gasteiger partial charge in [-0.05, 0) is 43.5 Å². The Balaban J connectivity index is 1.90. The summed E-state index contributed by atoms with van der Waals surface area (Å²) >= 11 is 15.2. The molecule has 10 heteroatoms. The lowest BCUT2D eigenvalue weighted by molar-refractivity contribution is -0.390. The van der Waals surface area contributed by atoms with E-state index in [-0.39, 0.29) is 34.4 Å². The fourth-order valence-corrected chi connectivity index (χ4v) is 3.18. The highest BCUT2D eigenvalue weighted by atomic mass is 79.9. The largest absolute Gasteiger partial charge is 0.483 e. The second-order valence-electron chi connectivity index (χ2n) is 4.91. The van der Waals surface area contributed by atoms with Gasteiger partial charge in [0.15, 0.2) is 11.8 Å². The third kappa shape index (κ3) is 3.42. The van der Waals surface area contributed by atoms with Crippen LogP contribution in [0.25, 0.3) is 11.0 Å². The van der Waals surface area contributed by atoms with Crippen molar-refractivity contribution in [2.75, 3.05) is 6.61 Å². The number of nitro groups is 1. The van der Waals surface area contributed by atoms with E-state index in [0.717, 1.165) is 6.07 Å².